The molecule has 0 amide bonds. The zero-order chi connectivity index (χ0) is 10.5. The lowest BCUT2D eigenvalue weighted by Gasteiger charge is -2.34. The Kier molecular flexibility index (Phi) is 5.57. The van der Waals surface area contributed by atoms with Gasteiger partial charge < -0.3 is 10.5 Å². The van der Waals surface area contributed by atoms with Crippen molar-refractivity contribution in [3.05, 3.63) is 0 Å². The maximum atomic E-state index is 6.19. The van der Waals surface area contributed by atoms with Crippen LogP contribution in [-0.4, -0.2) is 19.8 Å². The Labute approximate surface area is 82.8 Å². The van der Waals surface area contributed by atoms with E-state index in [-0.39, 0.29) is 11.5 Å². The SMILES string of the molecule is CCC(C)(C)C(N)C(C)CCOC. The zero-order valence-electron chi connectivity index (χ0n) is 9.76. The first kappa shape index (κ1) is 12.9. The Bertz CT molecular complexity index is 134. The fourth-order valence-electron chi connectivity index (χ4n) is 1.49. The van der Waals surface area contributed by atoms with Gasteiger partial charge in [0.2, 0.25) is 0 Å². The van der Waals surface area contributed by atoms with Crippen LogP contribution in [0, 0.1) is 11.3 Å². The Morgan fingerprint density at radius 2 is 1.92 bits per heavy atom. The third-order valence-electron chi connectivity index (χ3n) is 3.20. The summed E-state index contributed by atoms with van der Waals surface area (Å²) >= 11 is 0. The van der Waals surface area contributed by atoms with Crippen LogP contribution in [0.4, 0.5) is 0 Å². The van der Waals surface area contributed by atoms with Crippen molar-refractivity contribution in [2.24, 2.45) is 17.1 Å². The fraction of sp³-hybridized carbons (Fsp3) is 1.00. The molecule has 0 aromatic heterocycles. The number of hydrogen-bond acceptors (Lipinski definition) is 2. The van der Waals surface area contributed by atoms with Crippen molar-refractivity contribution >= 4 is 0 Å². The van der Waals surface area contributed by atoms with Crippen molar-refractivity contribution in [1.29, 1.82) is 0 Å². The van der Waals surface area contributed by atoms with E-state index in [0.29, 0.717) is 5.92 Å². The van der Waals surface area contributed by atoms with Gasteiger partial charge in [0.05, 0.1) is 0 Å². The molecule has 0 aromatic rings. The Hall–Kier alpha value is -0.0800. The van der Waals surface area contributed by atoms with E-state index in [1.807, 2.05) is 0 Å². The van der Waals surface area contributed by atoms with E-state index < -0.39 is 0 Å². The Balaban J connectivity index is 4.00. The predicted molar refractivity (Wildman–Crippen MR) is 57.7 cm³/mol. The molecule has 0 fully saturated rings. The van der Waals surface area contributed by atoms with Crippen molar-refractivity contribution in [2.75, 3.05) is 13.7 Å². The second-order valence-electron chi connectivity index (χ2n) is 4.63. The highest BCUT2D eigenvalue weighted by atomic mass is 16.5. The average Bonchev–Trinajstić information content (AvgIpc) is 2.12. The quantitative estimate of drug-likeness (QED) is 0.693. The van der Waals surface area contributed by atoms with Gasteiger partial charge in [-0.3, -0.25) is 0 Å². The van der Waals surface area contributed by atoms with E-state index in [1.165, 1.54) is 0 Å². The average molecular weight is 187 g/mol. The smallest absolute Gasteiger partial charge is 0.0465 e. The molecule has 13 heavy (non-hydrogen) atoms. The van der Waals surface area contributed by atoms with Gasteiger partial charge >= 0.3 is 0 Å². The number of hydrogen-bond donors (Lipinski definition) is 1. The van der Waals surface area contributed by atoms with E-state index in [9.17, 15) is 0 Å². The first-order valence-corrected chi connectivity index (χ1v) is 5.20. The normalized spacial score (nSPS) is 17.1. The predicted octanol–water partition coefficient (Wildman–Crippen LogP) is 2.42. The van der Waals surface area contributed by atoms with Crippen molar-refractivity contribution in [2.45, 2.75) is 46.6 Å². The maximum Gasteiger partial charge on any atom is 0.0465 e. The van der Waals surface area contributed by atoms with Gasteiger partial charge in [-0.2, -0.15) is 0 Å². The monoisotopic (exact) mass is 187 g/mol. The molecular formula is C11H25NO. The highest BCUT2D eigenvalue weighted by Gasteiger charge is 2.28. The second-order valence-corrected chi connectivity index (χ2v) is 4.63. The van der Waals surface area contributed by atoms with E-state index in [0.717, 1.165) is 19.4 Å². The van der Waals surface area contributed by atoms with Gasteiger partial charge in [-0.25, -0.2) is 0 Å². The molecule has 0 rings (SSSR count). The summed E-state index contributed by atoms with van der Waals surface area (Å²) in [5.41, 5.74) is 6.43. The van der Waals surface area contributed by atoms with E-state index in [4.69, 9.17) is 10.5 Å². The van der Waals surface area contributed by atoms with Gasteiger partial charge in [-0.15, -0.1) is 0 Å². The molecule has 0 saturated heterocycles. The number of nitrogens with two attached hydrogens (primary N) is 1. The molecule has 0 aliphatic rings. The van der Waals surface area contributed by atoms with Crippen molar-refractivity contribution in [1.82, 2.24) is 0 Å². The molecule has 80 valence electrons. The highest BCUT2D eigenvalue weighted by molar-refractivity contribution is 4.83. The Morgan fingerprint density at radius 1 is 1.38 bits per heavy atom. The summed E-state index contributed by atoms with van der Waals surface area (Å²) in [6.45, 7) is 9.70. The number of ether oxygens (including phenoxy) is 1. The van der Waals surface area contributed by atoms with Gasteiger partial charge in [-0.05, 0) is 24.2 Å². The first-order valence-electron chi connectivity index (χ1n) is 5.20. The summed E-state index contributed by atoms with van der Waals surface area (Å²) in [7, 11) is 1.74. The third kappa shape index (κ3) is 4.10. The maximum absolute atomic E-state index is 6.19. The van der Waals surface area contributed by atoms with Crippen LogP contribution in [0.25, 0.3) is 0 Å². The largest absolute Gasteiger partial charge is 0.385 e. The van der Waals surface area contributed by atoms with Crippen LogP contribution in [0.1, 0.15) is 40.5 Å². The number of rotatable bonds is 6. The molecule has 2 N–H and O–H groups in total. The van der Waals surface area contributed by atoms with Gasteiger partial charge in [0.1, 0.15) is 0 Å². The van der Waals surface area contributed by atoms with E-state index in [2.05, 4.69) is 27.7 Å². The molecule has 2 heteroatoms. The topological polar surface area (TPSA) is 35.2 Å². The van der Waals surface area contributed by atoms with Gasteiger partial charge in [-0.1, -0.05) is 27.7 Å². The Morgan fingerprint density at radius 3 is 2.31 bits per heavy atom. The summed E-state index contributed by atoms with van der Waals surface area (Å²) in [5.74, 6) is 0.537. The van der Waals surface area contributed by atoms with E-state index >= 15 is 0 Å². The summed E-state index contributed by atoms with van der Waals surface area (Å²) in [4.78, 5) is 0. The molecule has 2 unspecified atom stereocenters. The first-order chi connectivity index (χ1) is 5.95. The third-order valence-corrected chi connectivity index (χ3v) is 3.20. The van der Waals surface area contributed by atoms with Crippen LogP contribution in [0.3, 0.4) is 0 Å². The summed E-state index contributed by atoms with van der Waals surface area (Å²) < 4.78 is 5.05. The molecule has 0 spiro atoms. The molecule has 2 nitrogen and oxygen atoms in total. The molecular weight excluding hydrogens is 162 g/mol. The van der Waals surface area contributed by atoms with Crippen LogP contribution in [0.15, 0.2) is 0 Å². The molecule has 0 radical (unpaired) electrons. The van der Waals surface area contributed by atoms with Gasteiger partial charge in [0.25, 0.3) is 0 Å². The van der Waals surface area contributed by atoms with Crippen LogP contribution >= 0.6 is 0 Å². The molecule has 0 bridgehead atoms. The molecule has 0 aliphatic heterocycles. The van der Waals surface area contributed by atoms with E-state index in [1.54, 1.807) is 7.11 Å². The molecule has 0 aliphatic carbocycles. The fourth-order valence-corrected chi connectivity index (χ4v) is 1.49. The van der Waals surface area contributed by atoms with Crippen LogP contribution in [0.5, 0.6) is 0 Å². The summed E-state index contributed by atoms with van der Waals surface area (Å²) in [5, 5.41) is 0. The lowest BCUT2D eigenvalue weighted by atomic mass is 9.76. The highest BCUT2D eigenvalue weighted by Crippen LogP contribution is 2.29. The lowest BCUT2D eigenvalue weighted by molar-refractivity contribution is 0.146. The van der Waals surface area contributed by atoms with Crippen molar-refractivity contribution in [3.63, 3.8) is 0 Å². The summed E-state index contributed by atoms with van der Waals surface area (Å²) in [6, 6.07) is 0.271. The van der Waals surface area contributed by atoms with Crippen LogP contribution < -0.4 is 5.73 Å². The van der Waals surface area contributed by atoms with Gasteiger partial charge in [0.15, 0.2) is 0 Å². The second kappa shape index (κ2) is 5.61. The van der Waals surface area contributed by atoms with Crippen LogP contribution in [-0.2, 0) is 4.74 Å². The minimum atomic E-state index is 0.243. The summed E-state index contributed by atoms with van der Waals surface area (Å²) in [6.07, 6.45) is 2.19. The molecule has 0 aromatic carbocycles. The van der Waals surface area contributed by atoms with Crippen LogP contribution in [0.2, 0.25) is 0 Å². The van der Waals surface area contributed by atoms with Gasteiger partial charge in [0, 0.05) is 19.8 Å². The minimum Gasteiger partial charge on any atom is -0.385 e. The van der Waals surface area contributed by atoms with Crippen molar-refractivity contribution in [3.8, 4) is 0 Å². The zero-order valence-corrected chi connectivity index (χ0v) is 9.76. The lowest BCUT2D eigenvalue weighted by Crippen LogP contribution is -2.42. The molecule has 0 saturated carbocycles. The van der Waals surface area contributed by atoms with Crippen molar-refractivity contribution < 1.29 is 4.74 Å². The molecule has 0 heterocycles. The standard InChI is InChI=1S/C11H25NO/c1-6-11(3,4)10(12)9(2)7-8-13-5/h9-10H,6-8,12H2,1-5H3. The molecule has 2 atom stereocenters. The number of methoxy groups -OCH3 is 1. The minimum absolute atomic E-state index is 0.243.